The van der Waals surface area contributed by atoms with Gasteiger partial charge in [-0.25, -0.2) is 9.97 Å². The largest absolute Gasteiger partial charge is 0.466 e. The third kappa shape index (κ3) is 3.55. The van der Waals surface area contributed by atoms with Crippen LogP contribution in [0, 0.1) is 6.92 Å². The van der Waals surface area contributed by atoms with E-state index in [1.54, 1.807) is 37.1 Å². The molecule has 2 aromatic rings. The maximum Gasteiger partial charge on any atom is 0.313 e. The number of rotatable bonds is 6. The van der Waals surface area contributed by atoms with E-state index in [0.29, 0.717) is 12.2 Å². The molecule has 0 spiro atoms. The van der Waals surface area contributed by atoms with Crippen LogP contribution in [0.1, 0.15) is 40.9 Å². The Morgan fingerprint density at radius 2 is 1.95 bits per heavy atom. The molecule has 0 amide bonds. The Balaban J connectivity index is 2.26. The van der Waals surface area contributed by atoms with Crippen molar-refractivity contribution in [3.63, 3.8) is 0 Å². The lowest BCUT2D eigenvalue weighted by Gasteiger charge is -2.03. The van der Waals surface area contributed by atoms with E-state index >= 15 is 0 Å². The Morgan fingerprint density at radius 1 is 1.27 bits per heavy atom. The first-order chi connectivity index (χ1) is 10.5. The van der Waals surface area contributed by atoms with Crippen LogP contribution in [0.15, 0.2) is 18.5 Å². The van der Waals surface area contributed by atoms with Crippen molar-refractivity contribution in [3.8, 4) is 0 Å². The van der Waals surface area contributed by atoms with Gasteiger partial charge in [0.2, 0.25) is 0 Å². The first-order valence-electron chi connectivity index (χ1n) is 7.00. The maximum atomic E-state index is 12.3. The molecule has 0 unspecified atom stereocenters. The van der Waals surface area contributed by atoms with Gasteiger partial charge in [0.05, 0.1) is 6.61 Å². The average molecular weight is 302 g/mol. The number of hydrogen-bond donors (Lipinski definition) is 0. The van der Waals surface area contributed by atoms with Crippen LogP contribution >= 0.6 is 0 Å². The lowest BCUT2D eigenvalue weighted by atomic mass is 10.0. The molecule has 116 valence electrons. The molecular formula is C15H18N4O3. The van der Waals surface area contributed by atoms with E-state index in [9.17, 15) is 9.59 Å². The number of nitrogens with zero attached hydrogens (tertiary/aromatic N) is 4. The zero-order valence-corrected chi connectivity index (χ0v) is 12.9. The number of ether oxygens (including phenoxy) is 1. The van der Waals surface area contributed by atoms with E-state index in [-0.39, 0.29) is 24.5 Å². The highest BCUT2D eigenvalue weighted by Crippen LogP contribution is 2.17. The van der Waals surface area contributed by atoms with E-state index in [2.05, 4.69) is 15.1 Å². The Bertz CT molecular complexity index is 680. The van der Waals surface area contributed by atoms with Crippen molar-refractivity contribution in [3.05, 3.63) is 41.2 Å². The number of aryl methyl sites for hydroxylation is 1. The third-order valence-electron chi connectivity index (χ3n) is 3.29. The second-order valence-corrected chi connectivity index (χ2v) is 4.78. The SMILES string of the molecule is CCOC(=O)CC(=O)c1nn(C)c(C)c1Cc1ncccn1. The molecule has 0 saturated heterocycles. The minimum Gasteiger partial charge on any atom is -0.466 e. The molecule has 7 nitrogen and oxygen atoms in total. The van der Waals surface area contributed by atoms with Gasteiger partial charge in [0, 0.05) is 37.1 Å². The fourth-order valence-corrected chi connectivity index (χ4v) is 2.09. The van der Waals surface area contributed by atoms with Crippen LogP contribution in [-0.4, -0.2) is 38.1 Å². The van der Waals surface area contributed by atoms with E-state index in [4.69, 9.17) is 4.74 Å². The number of carbonyl (C=O) groups is 2. The van der Waals surface area contributed by atoms with E-state index in [0.717, 1.165) is 11.3 Å². The minimum atomic E-state index is -0.544. The second kappa shape index (κ2) is 6.93. The van der Waals surface area contributed by atoms with Gasteiger partial charge in [0.1, 0.15) is 17.9 Å². The predicted molar refractivity (Wildman–Crippen MR) is 78.4 cm³/mol. The summed E-state index contributed by atoms with van der Waals surface area (Å²) in [7, 11) is 1.76. The van der Waals surface area contributed by atoms with Crippen LogP contribution in [0.25, 0.3) is 0 Å². The van der Waals surface area contributed by atoms with Crippen molar-refractivity contribution < 1.29 is 14.3 Å². The smallest absolute Gasteiger partial charge is 0.313 e. The highest BCUT2D eigenvalue weighted by Gasteiger charge is 2.22. The molecule has 0 bridgehead atoms. The summed E-state index contributed by atoms with van der Waals surface area (Å²) in [5, 5.41) is 4.22. The van der Waals surface area contributed by atoms with Gasteiger partial charge < -0.3 is 4.74 Å². The summed E-state index contributed by atoms with van der Waals surface area (Å²) in [6, 6.07) is 1.73. The van der Waals surface area contributed by atoms with Gasteiger partial charge in [-0.05, 0) is 19.9 Å². The molecule has 0 saturated carbocycles. The number of hydrogen-bond acceptors (Lipinski definition) is 6. The van der Waals surface area contributed by atoms with E-state index in [1.807, 2.05) is 6.92 Å². The number of aromatic nitrogens is 4. The van der Waals surface area contributed by atoms with Gasteiger partial charge >= 0.3 is 5.97 Å². The van der Waals surface area contributed by atoms with Gasteiger partial charge in [0.25, 0.3) is 0 Å². The van der Waals surface area contributed by atoms with Crippen LogP contribution in [0.3, 0.4) is 0 Å². The molecule has 7 heteroatoms. The number of ketones is 1. The molecular weight excluding hydrogens is 284 g/mol. The molecule has 2 heterocycles. The quantitative estimate of drug-likeness (QED) is 0.453. The Morgan fingerprint density at radius 3 is 2.59 bits per heavy atom. The molecule has 0 aromatic carbocycles. The first-order valence-corrected chi connectivity index (χ1v) is 7.00. The summed E-state index contributed by atoms with van der Waals surface area (Å²) in [6.07, 6.45) is 3.37. The Kier molecular flexibility index (Phi) is 4.98. The fourth-order valence-electron chi connectivity index (χ4n) is 2.09. The van der Waals surface area contributed by atoms with Crippen LogP contribution in [-0.2, 0) is 23.0 Å². The summed E-state index contributed by atoms with van der Waals surface area (Å²) < 4.78 is 6.43. The Hall–Kier alpha value is -2.57. The molecule has 0 aliphatic heterocycles. The number of esters is 1. The maximum absolute atomic E-state index is 12.3. The standard InChI is InChI=1S/C15H18N4O3/c1-4-22-14(21)9-12(20)15-11(10(2)19(3)18-15)8-13-16-6-5-7-17-13/h5-7H,4,8-9H2,1-3H3. The average Bonchev–Trinajstić information content (AvgIpc) is 2.77. The number of carbonyl (C=O) groups excluding carboxylic acids is 2. The normalized spacial score (nSPS) is 10.5. The van der Waals surface area contributed by atoms with Crippen LogP contribution in [0.4, 0.5) is 0 Å². The highest BCUT2D eigenvalue weighted by molar-refractivity contribution is 6.05. The summed E-state index contributed by atoms with van der Waals surface area (Å²) in [5.41, 5.74) is 1.86. The molecule has 2 rings (SSSR count). The van der Waals surface area contributed by atoms with Crippen LogP contribution in [0.5, 0.6) is 0 Å². The van der Waals surface area contributed by atoms with Gasteiger partial charge in [-0.15, -0.1) is 0 Å². The van der Waals surface area contributed by atoms with Crippen molar-refractivity contribution in [2.24, 2.45) is 7.05 Å². The summed E-state index contributed by atoms with van der Waals surface area (Å²) >= 11 is 0. The zero-order chi connectivity index (χ0) is 16.1. The van der Waals surface area contributed by atoms with E-state index in [1.165, 1.54) is 0 Å². The predicted octanol–water partition coefficient (Wildman–Crippen LogP) is 1.25. The van der Waals surface area contributed by atoms with Gasteiger partial charge in [-0.3, -0.25) is 14.3 Å². The van der Waals surface area contributed by atoms with Gasteiger partial charge in [-0.1, -0.05) is 0 Å². The number of Topliss-reactive ketones (excluding diaryl/α,β-unsaturated/α-hetero) is 1. The van der Waals surface area contributed by atoms with Crippen LogP contribution in [0.2, 0.25) is 0 Å². The topological polar surface area (TPSA) is 87.0 Å². The van der Waals surface area contributed by atoms with E-state index < -0.39 is 5.97 Å². The lowest BCUT2D eigenvalue weighted by molar-refractivity contribution is -0.141. The molecule has 0 atom stereocenters. The third-order valence-corrected chi connectivity index (χ3v) is 3.29. The monoisotopic (exact) mass is 302 g/mol. The van der Waals surface area contributed by atoms with Crippen molar-refractivity contribution >= 4 is 11.8 Å². The summed E-state index contributed by atoms with van der Waals surface area (Å²) in [4.78, 5) is 32.1. The zero-order valence-electron chi connectivity index (χ0n) is 12.9. The lowest BCUT2D eigenvalue weighted by Crippen LogP contribution is -2.13. The summed E-state index contributed by atoms with van der Waals surface area (Å²) in [6.45, 7) is 3.82. The molecule has 0 radical (unpaired) electrons. The first kappa shape index (κ1) is 15.8. The molecule has 22 heavy (non-hydrogen) atoms. The van der Waals surface area contributed by atoms with Crippen LogP contribution < -0.4 is 0 Å². The van der Waals surface area contributed by atoms with Gasteiger partial charge in [-0.2, -0.15) is 5.10 Å². The van der Waals surface area contributed by atoms with Crippen molar-refractivity contribution in [2.45, 2.75) is 26.7 Å². The molecule has 0 aliphatic carbocycles. The second-order valence-electron chi connectivity index (χ2n) is 4.78. The van der Waals surface area contributed by atoms with Crippen molar-refractivity contribution in [1.29, 1.82) is 0 Å². The molecule has 0 aliphatic rings. The van der Waals surface area contributed by atoms with Crippen molar-refractivity contribution in [1.82, 2.24) is 19.7 Å². The van der Waals surface area contributed by atoms with Gasteiger partial charge in [0.15, 0.2) is 5.78 Å². The minimum absolute atomic E-state index is 0.248. The molecule has 0 N–H and O–H groups in total. The summed E-state index contributed by atoms with van der Waals surface area (Å²) in [5.74, 6) is -0.297. The van der Waals surface area contributed by atoms with Crippen molar-refractivity contribution in [2.75, 3.05) is 6.61 Å². The molecule has 0 fully saturated rings. The fraction of sp³-hybridized carbons (Fsp3) is 0.400. The Labute approximate surface area is 128 Å². The highest BCUT2D eigenvalue weighted by atomic mass is 16.5. The molecule has 2 aromatic heterocycles.